The molecule has 6 nitrogen and oxygen atoms in total. The zero-order valence-corrected chi connectivity index (χ0v) is 15.5. The lowest BCUT2D eigenvalue weighted by Gasteiger charge is -2.09. The van der Waals surface area contributed by atoms with Crippen molar-refractivity contribution < 1.29 is 17.9 Å². The number of hydrogen-bond donors (Lipinski definition) is 2. The maximum absolute atomic E-state index is 12.8. The van der Waals surface area contributed by atoms with Crippen LogP contribution in [0.3, 0.4) is 0 Å². The Morgan fingerprint density at radius 2 is 1.93 bits per heavy atom. The summed E-state index contributed by atoms with van der Waals surface area (Å²) in [6.07, 6.45) is -2.97. The van der Waals surface area contributed by atoms with E-state index < -0.39 is 11.7 Å². The molecule has 28 heavy (non-hydrogen) atoms. The highest BCUT2D eigenvalue weighted by molar-refractivity contribution is 7.80. The average molecular weight is 407 g/mol. The number of thiocarbonyl (C=S) groups is 1. The van der Waals surface area contributed by atoms with Gasteiger partial charge in [0, 0.05) is 11.8 Å². The Kier molecular flexibility index (Phi) is 5.78. The number of aromatic nitrogens is 3. The van der Waals surface area contributed by atoms with Crippen molar-refractivity contribution in [1.82, 2.24) is 14.8 Å². The minimum absolute atomic E-state index is 0.147. The molecule has 0 spiro atoms. The topological polar surface area (TPSA) is 64.0 Å². The number of halogens is 3. The lowest BCUT2D eigenvalue weighted by atomic mass is 10.1. The van der Waals surface area contributed by atoms with Crippen LogP contribution >= 0.6 is 12.2 Å². The minimum Gasteiger partial charge on any atom is -0.497 e. The molecule has 146 valence electrons. The van der Waals surface area contributed by atoms with Crippen molar-refractivity contribution in [3.8, 4) is 5.75 Å². The quantitative estimate of drug-likeness (QED) is 0.619. The fourth-order valence-corrected chi connectivity index (χ4v) is 2.64. The number of benzene rings is 2. The van der Waals surface area contributed by atoms with Crippen LogP contribution in [0.25, 0.3) is 0 Å². The van der Waals surface area contributed by atoms with Crippen molar-refractivity contribution in [2.24, 2.45) is 0 Å². The van der Waals surface area contributed by atoms with Gasteiger partial charge in [-0.15, -0.1) is 5.10 Å². The Labute approximate surface area is 164 Å². The number of rotatable bonds is 5. The van der Waals surface area contributed by atoms with Crippen LogP contribution in [0.4, 0.5) is 24.8 Å². The Balaban J connectivity index is 1.62. The molecule has 0 saturated carbocycles. The van der Waals surface area contributed by atoms with Crippen LogP contribution in [0.1, 0.15) is 11.1 Å². The predicted octanol–water partition coefficient (Wildman–Crippen LogP) is 4.16. The lowest BCUT2D eigenvalue weighted by Crippen LogP contribution is -2.20. The summed E-state index contributed by atoms with van der Waals surface area (Å²) in [6.45, 7) is 0.147. The van der Waals surface area contributed by atoms with Gasteiger partial charge in [0.2, 0.25) is 5.95 Å². The first kappa shape index (κ1) is 19.6. The molecule has 3 rings (SSSR count). The Bertz CT molecular complexity index is 974. The molecule has 2 N–H and O–H groups in total. The SMILES string of the molecule is COc1cccc(NC(=S)Nc2ncn(Cc3cccc(C(F)(F)F)c3)n2)c1. The van der Waals surface area contributed by atoms with Gasteiger partial charge in [0.05, 0.1) is 19.2 Å². The summed E-state index contributed by atoms with van der Waals surface area (Å²) in [5.41, 5.74) is 0.482. The largest absolute Gasteiger partial charge is 0.497 e. The van der Waals surface area contributed by atoms with Crippen molar-refractivity contribution in [3.05, 3.63) is 66.0 Å². The van der Waals surface area contributed by atoms with E-state index in [2.05, 4.69) is 20.7 Å². The van der Waals surface area contributed by atoms with Crippen LogP contribution in [-0.2, 0) is 12.7 Å². The fraction of sp³-hybridized carbons (Fsp3) is 0.167. The van der Waals surface area contributed by atoms with Crippen LogP contribution in [0.15, 0.2) is 54.9 Å². The van der Waals surface area contributed by atoms with Crippen LogP contribution < -0.4 is 15.4 Å². The Morgan fingerprint density at radius 3 is 2.68 bits per heavy atom. The van der Waals surface area contributed by atoms with E-state index in [1.807, 2.05) is 12.1 Å². The van der Waals surface area contributed by atoms with Crippen molar-refractivity contribution in [2.45, 2.75) is 12.7 Å². The molecule has 0 aliphatic rings. The van der Waals surface area contributed by atoms with E-state index in [9.17, 15) is 13.2 Å². The maximum Gasteiger partial charge on any atom is 0.416 e. The number of ether oxygens (including phenoxy) is 1. The van der Waals surface area contributed by atoms with Crippen LogP contribution in [-0.4, -0.2) is 27.0 Å². The summed E-state index contributed by atoms with van der Waals surface area (Å²) < 4.78 is 45.0. The molecule has 0 amide bonds. The summed E-state index contributed by atoms with van der Waals surface area (Å²) in [6, 6.07) is 12.3. The normalized spacial score (nSPS) is 11.1. The molecule has 0 aliphatic carbocycles. The molecule has 0 aliphatic heterocycles. The van der Waals surface area contributed by atoms with Gasteiger partial charge in [-0.1, -0.05) is 18.2 Å². The van der Waals surface area contributed by atoms with Crippen LogP contribution in [0, 0.1) is 0 Å². The Morgan fingerprint density at radius 1 is 1.14 bits per heavy atom. The highest BCUT2D eigenvalue weighted by Gasteiger charge is 2.30. The van der Waals surface area contributed by atoms with Crippen molar-refractivity contribution in [2.75, 3.05) is 17.7 Å². The first-order chi connectivity index (χ1) is 13.3. The number of nitrogens with zero attached hydrogens (tertiary/aromatic N) is 3. The summed E-state index contributed by atoms with van der Waals surface area (Å²) in [5.74, 6) is 0.906. The van der Waals surface area contributed by atoms with E-state index >= 15 is 0 Å². The van der Waals surface area contributed by atoms with Gasteiger partial charge in [-0.05, 0) is 42.0 Å². The van der Waals surface area contributed by atoms with Gasteiger partial charge in [0.25, 0.3) is 0 Å². The Hall–Kier alpha value is -3.14. The molecule has 10 heteroatoms. The standard InChI is InChI=1S/C18H16F3N5OS/c1-27-15-7-3-6-14(9-15)23-17(28)24-16-22-11-26(25-16)10-12-4-2-5-13(8-12)18(19,20)21/h2-9,11H,10H2,1H3,(H2,23,24,25,28). The molecule has 0 atom stereocenters. The molecule has 0 bridgehead atoms. The summed E-state index contributed by atoms with van der Waals surface area (Å²) >= 11 is 5.22. The third-order valence-corrected chi connectivity index (χ3v) is 3.89. The summed E-state index contributed by atoms with van der Waals surface area (Å²) in [5, 5.41) is 10.2. The van der Waals surface area contributed by atoms with E-state index in [0.717, 1.165) is 17.8 Å². The third kappa shape index (κ3) is 5.19. The molecule has 0 fully saturated rings. The molecule has 0 unspecified atom stereocenters. The molecule has 3 aromatic rings. The second-order valence-corrected chi connectivity index (χ2v) is 6.18. The molecule has 1 heterocycles. The molecule has 0 radical (unpaired) electrons. The summed E-state index contributed by atoms with van der Waals surface area (Å²) in [4.78, 5) is 4.07. The van der Waals surface area contributed by atoms with E-state index in [0.29, 0.717) is 11.3 Å². The smallest absolute Gasteiger partial charge is 0.416 e. The van der Waals surface area contributed by atoms with E-state index in [4.69, 9.17) is 17.0 Å². The predicted molar refractivity (Wildman–Crippen MR) is 103 cm³/mol. The highest BCUT2D eigenvalue weighted by Crippen LogP contribution is 2.29. The van der Waals surface area contributed by atoms with E-state index in [-0.39, 0.29) is 17.6 Å². The molecular formula is C18H16F3N5OS. The zero-order chi connectivity index (χ0) is 20.1. The second-order valence-electron chi connectivity index (χ2n) is 5.77. The highest BCUT2D eigenvalue weighted by atomic mass is 32.1. The van der Waals surface area contributed by atoms with E-state index in [1.165, 1.54) is 17.1 Å². The van der Waals surface area contributed by atoms with Gasteiger partial charge in [-0.2, -0.15) is 13.2 Å². The van der Waals surface area contributed by atoms with E-state index in [1.54, 1.807) is 25.3 Å². The first-order valence-electron chi connectivity index (χ1n) is 8.11. The third-order valence-electron chi connectivity index (χ3n) is 3.69. The monoisotopic (exact) mass is 407 g/mol. The second kappa shape index (κ2) is 8.26. The maximum atomic E-state index is 12.8. The molecule has 1 aromatic heterocycles. The number of alkyl halides is 3. The van der Waals surface area contributed by atoms with Gasteiger partial charge in [-0.3, -0.25) is 5.32 Å². The van der Waals surface area contributed by atoms with Crippen molar-refractivity contribution >= 4 is 29.0 Å². The summed E-state index contributed by atoms with van der Waals surface area (Å²) in [7, 11) is 1.57. The van der Waals surface area contributed by atoms with Crippen LogP contribution in [0.5, 0.6) is 5.75 Å². The number of nitrogens with one attached hydrogen (secondary N) is 2. The number of hydrogen-bond acceptors (Lipinski definition) is 4. The van der Waals surface area contributed by atoms with Gasteiger partial charge in [0.15, 0.2) is 5.11 Å². The fourth-order valence-electron chi connectivity index (χ4n) is 2.43. The average Bonchev–Trinajstić information content (AvgIpc) is 3.08. The zero-order valence-electron chi connectivity index (χ0n) is 14.7. The van der Waals surface area contributed by atoms with Gasteiger partial charge in [0.1, 0.15) is 12.1 Å². The van der Waals surface area contributed by atoms with Crippen LogP contribution in [0.2, 0.25) is 0 Å². The van der Waals surface area contributed by atoms with Crippen molar-refractivity contribution in [1.29, 1.82) is 0 Å². The first-order valence-corrected chi connectivity index (χ1v) is 8.52. The van der Waals surface area contributed by atoms with Crippen molar-refractivity contribution in [3.63, 3.8) is 0 Å². The molecular weight excluding hydrogens is 391 g/mol. The minimum atomic E-state index is -4.39. The number of anilines is 2. The van der Waals surface area contributed by atoms with Gasteiger partial charge in [-0.25, -0.2) is 9.67 Å². The lowest BCUT2D eigenvalue weighted by molar-refractivity contribution is -0.137. The van der Waals surface area contributed by atoms with Gasteiger partial charge < -0.3 is 10.1 Å². The number of methoxy groups -OCH3 is 1. The van der Waals surface area contributed by atoms with Gasteiger partial charge >= 0.3 is 6.18 Å². The molecule has 2 aromatic carbocycles. The molecule has 0 saturated heterocycles.